The quantitative estimate of drug-likeness (QED) is 0.243. The Morgan fingerprint density at radius 1 is 0.607 bits per heavy atom. The molecule has 1 aliphatic carbocycles. The highest BCUT2D eigenvalue weighted by molar-refractivity contribution is 5.60. The zero-order chi connectivity index (χ0) is 20.5. The second-order valence-electron chi connectivity index (χ2n) is 7.66. The van der Waals surface area contributed by atoms with Crippen LogP contribution in [0, 0.1) is 0 Å². The van der Waals surface area contributed by atoms with Crippen molar-refractivity contribution in [2.45, 2.75) is 116 Å². The van der Waals surface area contributed by atoms with Gasteiger partial charge in [-0.05, 0) is 38.5 Å². The lowest BCUT2D eigenvalue weighted by Gasteiger charge is -2.27. The third-order valence-corrected chi connectivity index (χ3v) is 5.08. The molecule has 0 heterocycles. The summed E-state index contributed by atoms with van der Waals surface area (Å²) in [5.41, 5.74) is 0. The van der Waals surface area contributed by atoms with Gasteiger partial charge >= 0.3 is 12.3 Å². The van der Waals surface area contributed by atoms with Crippen LogP contribution in [0.1, 0.15) is 104 Å². The van der Waals surface area contributed by atoms with Crippen LogP contribution in [0.5, 0.6) is 0 Å². The lowest BCUT2D eigenvalue weighted by molar-refractivity contribution is -0.0271. The van der Waals surface area contributed by atoms with Crippen molar-refractivity contribution in [2.75, 3.05) is 13.2 Å². The number of hydrogen-bond acceptors (Lipinski definition) is 6. The molecule has 0 saturated heterocycles. The zero-order valence-electron chi connectivity index (χ0n) is 17.9. The summed E-state index contributed by atoms with van der Waals surface area (Å²) in [7, 11) is 0. The molecule has 0 bridgehead atoms. The molecule has 164 valence electrons. The maximum atomic E-state index is 11.7. The summed E-state index contributed by atoms with van der Waals surface area (Å²) in [6.45, 7) is 5.19. The van der Waals surface area contributed by atoms with Gasteiger partial charge in [-0.2, -0.15) is 0 Å². The second-order valence-corrected chi connectivity index (χ2v) is 7.66. The van der Waals surface area contributed by atoms with Crippen molar-refractivity contribution in [3.05, 3.63) is 0 Å². The molecule has 0 atom stereocenters. The normalized spacial score (nSPS) is 19.1. The standard InChI is InChI=1S/C22H40O6/c1-3-5-7-9-11-17-25-21(23)27-19-13-15-20(16-14-19)28-22(24)26-18-12-10-8-6-4-2/h19-20H,3-18H2,1-2H3. The summed E-state index contributed by atoms with van der Waals surface area (Å²) in [5, 5.41) is 0. The van der Waals surface area contributed by atoms with E-state index in [1.54, 1.807) is 0 Å². The van der Waals surface area contributed by atoms with Crippen LogP contribution in [-0.4, -0.2) is 37.7 Å². The van der Waals surface area contributed by atoms with Crippen LogP contribution < -0.4 is 0 Å². The Bertz CT molecular complexity index is 366. The fourth-order valence-corrected chi connectivity index (χ4v) is 3.33. The summed E-state index contributed by atoms with van der Waals surface area (Å²) >= 11 is 0. The zero-order valence-corrected chi connectivity index (χ0v) is 17.9. The van der Waals surface area contributed by atoms with Crippen molar-refractivity contribution < 1.29 is 28.5 Å². The molecule has 0 N–H and O–H groups in total. The predicted octanol–water partition coefficient (Wildman–Crippen LogP) is 6.54. The lowest BCUT2D eigenvalue weighted by atomic mass is 9.95. The van der Waals surface area contributed by atoms with Gasteiger partial charge in [-0.25, -0.2) is 9.59 Å². The lowest BCUT2D eigenvalue weighted by Crippen LogP contribution is -2.30. The Morgan fingerprint density at radius 2 is 0.964 bits per heavy atom. The number of rotatable bonds is 14. The number of unbranched alkanes of at least 4 members (excludes halogenated alkanes) is 8. The van der Waals surface area contributed by atoms with E-state index < -0.39 is 12.3 Å². The Labute approximate surface area is 170 Å². The number of carbonyl (C=O) groups excluding carboxylic acids is 2. The predicted molar refractivity (Wildman–Crippen MR) is 108 cm³/mol. The van der Waals surface area contributed by atoms with Crippen molar-refractivity contribution in [3.8, 4) is 0 Å². The fraction of sp³-hybridized carbons (Fsp3) is 0.909. The van der Waals surface area contributed by atoms with Gasteiger partial charge in [-0.3, -0.25) is 0 Å². The van der Waals surface area contributed by atoms with Gasteiger partial charge in [-0.15, -0.1) is 0 Å². The number of carbonyl (C=O) groups is 2. The summed E-state index contributed by atoms with van der Waals surface area (Å²) in [6, 6.07) is 0. The first-order valence-corrected chi connectivity index (χ1v) is 11.3. The molecule has 1 rings (SSSR count). The number of ether oxygens (including phenoxy) is 4. The van der Waals surface area contributed by atoms with E-state index in [0.717, 1.165) is 25.7 Å². The van der Waals surface area contributed by atoms with Gasteiger partial charge in [-0.1, -0.05) is 65.2 Å². The Morgan fingerprint density at radius 3 is 1.32 bits per heavy atom. The Balaban J connectivity index is 2.02. The minimum absolute atomic E-state index is 0.151. The van der Waals surface area contributed by atoms with Crippen LogP contribution in [0.25, 0.3) is 0 Å². The van der Waals surface area contributed by atoms with E-state index in [4.69, 9.17) is 18.9 Å². The molecule has 1 saturated carbocycles. The van der Waals surface area contributed by atoms with Gasteiger partial charge in [0.25, 0.3) is 0 Å². The van der Waals surface area contributed by atoms with Crippen molar-refractivity contribution in [1.82, 2.24) is 0 Å². The highest BCUT2D eigenvalue weighted by Gasteiger charge is 2.27. The van der Waals surface area contributed by atoms with Crippen molar-refractivity contribution in [3.63, 3.8) is 0 Å². The van der Waals surface area contributed by atoms with E-state index in [9.17, 15) is 9.59 Å². The number of hydrogen-bond donors (Lipinski definition) is 0. The molecule has 0 aromatic carbocycles. The molecule has 0 aliphatic heterocycles. The third kappa shape index (κ3) is 12.8. The van der Waals surface area contributed by atoms with Crippen LogP contribution in [0.2, 0.25) is 0 Å². The fourth-order valence-electron chi connectivity index (χ4n) is 3.33. The summed E-state index contributed by atoms with van der Waals surface area (Å²) in [6.07, 6.45) is 12.4. The van der Waals surface area contributed by atoms with E-state index in [-0.39, 0.29) is 12.2 Å². The molecular formula is C22H40O6. The van der Waals surface area contributed by atoms with E-state index >= 15 is 0 Å². The minimum Gasteiger partial charge on any atom is -0.434 e. The molecule has 1 aliphatic rings. The molecule has 0 aromatic heterocycles. The molecule has 1 fully saturated rings. The molecular weight excluding hydrogens is 360 g/mol. The third-order valence-electron chi connectivity index (χ3n) is 5.08. The second kappa shape index (κ2) is 16.5. The largest absolute Gasteiger partial charge is 0.508 e. The Kier molecular flexibility index (Phi) is 14.5. The van der Waals surface area contributed by atoms with Crippen LogP contribution in [0.15, 0.2) is 0 Å². The van der Waals surface area contributed by atoms with E-state index in [0.29, 0.717) is 38.9 Å². The van der Waals surface area contributed by atoms with Crippen molar-refractivity contribution >= 4 is 12.3 Å². The summed E-state index contributed by atoms with van der Waals surface area (Å²) in [4.78, 5) is 23.4. The first-order chi connectivity index (χ1) is 13.7. The molecule has 0 radical (unpaired) electrons. The maximum absolute atomic E-state index is 11.7. The summed E-state index contributed by atoms with van der Waals surface area (Å²) < 4.78 is 21.0. The van der Waals surface area contributed by atoms with Gasteiger partial charge < -0.3 is 18.9 Å². The van der Waals surface area contributed by atoms with Crippen LogP contribution in [0.3, 0.4) is 0 Å². The van der Waals surface area contributed by atoms with Crippen molar-refractivity contribution in [1.29, 1.82) is 0 Å². The van der Waals surface area contributed by atoms with E-state index in [1.165, 1.54) is 38.5 Å². The van der Waals surface area contributed by atoms with Gasteiger partial charge in [0.05, 0.1) is 13.2 Å². The van der Waals surface area contributed by atoms with Gasteiger partial charge in [0.2, 0.25) is 0 Å². The molecule has 0 amide bonds. The first kappa shape index (κ1) is 24.6. The smallest absolute Gasteiger partial charge is 0.434 e. The van der Waals surface area contributed by atoms with Crippen LogP contribution in [0.4, 0.5) is 9.59 Å². The molecule has 6 nitrogen and oxygen atoms in total. The van der Waals surface area contributed by atoms with Gasteiger partial charge in [0.15, 0.2) is 0 Å². The van der Waals surface area contributed by atoms with Crippen molar-refractivity contribution in [2.24, 2.45) is 0 Å². The molecule has 0 unspecified atom stereocenters. The first-order valence-electron chi connectivity index (χ1n) is 11.3. The van der Waals surface area contributed by atoms with Gasteiger partial charge in [0.1, 0.15) is 12.2 Å². The molecule has 28 heavy (non-hydrogen) atoms. The average molecular weight is 401 g/mol. The van der Waals surface area contributed by atoms with Gasteiger partial charge in [0, 0.05) is 0 Å². The topological polar surface area (TPSA) is 71.1 Å². The maximum Gasteiger partial charge on any atom is 0.508 e. The SMILES string of the molecule is CCCCCCCOC(=O)OC1CCC(OC(=O)OCCCCCCC)CC1. The minimum atomic E-state index is -0.581. The Hall–Kier alpha value is -1.46. The summed E-state index contributed by atoms with van der Waals surface area (Å²) in [5.74, 6) is 0. The molecule has 0 aromatic rings. The van der Waals surface area contributed by atoms with E-state index in [1.807, 2.05) is 0 Å². The average Bonchev–Trinajstić information content (AvgIpc) is 2.69. The molecule has 0 spiro atoms. The highest BCUT2D eigenvalue weighted by atomic mass is 16.7. The van der Waals surface area contributed by atoms with Crippen LogP contribution >= 0.6 is 0 Å². The van der Waals surface area contributed by atoms with E-state index in [2.05, 4.69) is 13.8 Å². The molecule has 6 heteroatoms. The van der Waals surface area contributed by atoms with Crippen LogP contribution in [-0.2, 0) is 18.9 Å². The monoisotopic (exact) mass is 400 g/mol. The highest BCUT2D eigenvalue weighted by Crippen LogP contribution is 2.24.